The summed E-state index contributed by atoms with van der Waals surface area (Å²) in [5.41, 5.74) is 2.90. The summed E-state index contributed by atoms with van der Waals surface area (Å²) in [4.78, 5) is 11.1. The molecule has 0 amide bonds. The first kappa shape index (κ1) is 21.4. The van der Waals surface area contributed by atoms with Crippen molar-refractivity contribution in [3.63, 3.8) is 0 Å². The Hall–Kier alpha value is -2.80. The Morgan fingerprint density at radius 3 is 2.71 bits per heavy atom. The van der Waals surface area contributed by atoms with Crippen molar-refractivity contribution in [1.29, 1.82) is 0 Å². The number of carbonyl (C=O) groups is 1. The molecule has 4 rings (SSSR count). The molecule has 5 nitrogen and oxygen atoms in total. The van der Waals surface area contributed by atoms with Crippen LogP contribution in [0.1, 0.15) is 30.0 Å². The van der Waals surface area contributed by atoms with E-state index in [1.54, 1.807) is 18.2 Å². The molecule has 8 heteroatoms. The molecule has 3 aromatic rings. The fraction of sp³-hybridized carbons (Fsp3) is 0.348. The molecule has 0 aliphatic carbocycles. The average molecular weight is 450 g/mol. The highest BCUT2D eigenvalue weighted by molar-refractivity contribution is 6.32. The Morgan fingerprint density at radius 2 is 2.00 bits per heavy atom. The van der Waals surface area contributed by atoms with E-state index in [1.807, 2.05) is 24.3 Å². The van der Waals surface area contributed by atoms with E-state index in [4.69, 9.17) is 26.2 Å². The Bertz CT molecular complexity index is 1100. The fourth-order valence-corrected chi connectivity index (χ4v) is 4.23. The molecule has 0 saturated heterocycles. The van der Waals surface area contributed by atoms with Gasteiger partial charge in [0.1, 0.15) is 31.5 Å². The number of alkyl halides is 2. The van der Waals surface area contributed by atoms with Gasteiger partial charge in [0.05, 0.1) is 11.4 Å². The molecule has 31 heavy (non-hydrogen) atoms. The largest absolute Gasteiger partial charge is 0.489 e. The van der Waals surface area contributed by atoms with E-state index in [9.17, 15) is 13.6 Å². The second-order valence-corrected chi connectivity index (χ2v) is 8.03. The average Bonchev–Trinajstić information content (AvgIpc) is 3.30. The Kier molecular flexibility index (Phi) is 6.32. The third kappa shape index (κ3) is 4.61. The molecule has 2 aromatic carbocycles. The van der Waals surface area contributed by atoms with Gasteiger partial charge >= 0.3 is 5.97 Å². The first-order valence-corrected chi connectivity index (χ1v) is 10.4. The minimum atomic E-state index is -1.16. The molecule has 0 saturated carbocycles. The molecule has 1 N–H and O–H groups in total. The summed E-state index contributed by atoms with van der Waals surface area (Å²) in [6, 6.07) is 12.8. The van der Waals surface area contributed by atoms with Crippen molar-refractivity contribution in [2.75, 3.05) is 13.3 Å². The lowest BCUT2D eigenvalue weighted by molar-refractivity contribution is -0.137. The van der Waals surface area contributed by atoms with Gasteiger partial charge in [0.2, 0.25) is 0 Å². The summed E-state index contributed by atoms with van der Waals surface area (Å²) in [6.07, 6.45) is -0.184. The van der Waals surface area contributed by atoms with Gasteiger partial charge in [-0.15, -0.1) is 0 Å². The van der Waals surface area contributed by atoms with Gasteiger partial charge in [0, 0.05) is 29.1 Å². The number of nitrogens with zero attached hydrogens (tertiary/aromatic N) is 1. The molecule has 0 radical (unpaired) electrons. The van der Waals surface area contributed by atoms with Crippen LogP contribution >= 0.6 is 11.6 Å². The quantitative estimate of drug-likeness (QED) is 0.467. The van der Waals surface area contributed by atoms with Crippen molar-refractivity contribution in [3.8, 4) is 11.5 Å². The smallest absolute Gasteiger partial charge is 0.304 e. The highest BCUT2D eigenvalue weighted by atomic mass is 35.5. The van der Waals surface area contributed by atoms with Crippen molar-refractivity contribution in [2.45, 2.75) is 38.0 Å². The van der Waals surface area contributed by atoms with Crippen LogP contribution in [0.2, 0.25) is 5.02 Å². The molecule has 164 valence electrons. The fourth-order valence-electron chi connectivity index (χ4n) is 3.98. The molecular weight excluding hydrogens is 428 g/mol. The second-order valence-electron chi connectivity index (χ2n) is 7.63. The van der Waals surface area contributed by atoms with Crippen LogP contribution in [-0.2, 0) is 17.9 Å². The number of aryl methyl sites for hydroxylation is 1. The number of halogens is 3. The van der Waals surface area contributed by atoms with Gasteiger partial charge in [-0.1, -0.05) is 17.7 Å². The van der Waals surface area contributed by atoms with Crippen LogP contribution in [-0.4, -0.2) is 35.1 Å². The number of hydrogen-bond acceptors (Lipinski definition) is 3. The Balaban J connectivity index is 1.45. The van der Waals surface area contributed by atoms with E-state index >= 15 is 0 Å². The summed E-state index contributed by atoms with van der Waals surface area (Å²) < 4.78 is 38.6. The van der Waals surface area contributed by atoms with E-state index in [-0.39, 0.29) is 29.7 Å². The summed E-state index contributed by atoms with van der Waals surface area (Å²) in [6.45, 7) is -0.784. The van der Waals surface area contributed by atoms with Crippen LogP contribution < -0.4 is 9.47 Å². The summed E-state index contributed by atoms with van der Waals surface area (Å²) in [5.74, 6) is 0.156. The predicted molar refractivity (Wildman–Crippen MR) is 114 cm³/mol. The SMILES string of the molecule is O=C(O)CC1CCn2c1cc1cc(OCc3ccc(OC(CF)CF)c(Cl)c3)ccc12. The number of carboxylic acid groups (broad SMARTS) is 1. The molecule has 1 aliphatic heterocycles. The zero-order chi connectivity index (χ0) is 22.0. The van der Waals surface area contributed by atoms with Crippen LogP contribution in [0.4, 0.5) is 8.78 Å². The van der Waals surface area contributed by atoms with E-state index < -0.39 is 25.4 Å². The Labute approximate surface area is 183 Å². The van der Waals surface area contributed by atoms with Crippen molar-refractivity contribution < 1.29 is 28.2 Å². The molecule has 1 unspecified atom stereocenters. The molecule has 0 fully saturated rings. The summed E-state index contributed by atoms with van der Waals surface area (Å²) in [7, 11) is 0. The van der Waals surface area contributed by atoms with Gasteiger partial charge in [0.15, 0.2) is 6.10 Å². The molecule has 1 atom stereocenters. The van der Waals surface area contributed by atoms with Gasteiger partial charge in [-0.25, -0.2) is 8.78 Å². The monoisotopic (exact) mass is 449 g/mol. The zero-order valence-electron chi connectivity index (χ0n) is 16.7. The summed E-state index contributed by atoms with van der Waals surface area (Å²) in [5, 5.41) is 10.4. The van der Waals surface area contributed by atoms with Crippen molar-refractivity contribution in [2.24, 2.45) is 0 Å². The molecule has 1 aromatic heterocycles. The van der Waals surface area contributed by atoms with E-state index in [0.29, 0.717) is 5.75 Å². The third-order valence-corrected chi connectivity index (χ3v) is 5.78. The predicted octanol–water partition coefficient (Wildman–Crippen LogP) is 5.52. The molecule has 1 aliphatic rings. The van der Waals surface area contributed by atoms with E-state index in [2.05, 4.69) is 4.57 Å². The first-order valence-electron chi connectivity index (χ1n) is 10.0. The van der Waals surface area contributed by atoms with Crippen LogP contribution in [0.3, 0.4) is 0 Å². The number of carboxylic acids is 1. The maximum absolute atomic E-state index is 12.6. The highest BCUT2D eigenvalue weighted by Crippen LogP contribution is 2.37. The molecule has 2 heterocycles. The minimum Gasteiger partial charge on any atom is -0.489 e. The number of hydrogen-bond donors (Lipinski definition) is 1. The molecule has 0 spiro atoms. The van der Waals surface area contributed by atoms with Crippen LogP contribution in [0.15, 0.2) is 42.5 Å². The second kappa shape index (κ2) is 9.14. The van der Waals surface area contributed by atoms with Crippen molar-refractivity contribution in [3.05, 3.63) is 58.7 Å². The molecular formula is C23H22ClF2NO4. The maximum atomic E-state index is 12.6. The van der Waals surface area contributed by atoms with Crippen LogP contribution in [0.5, 0.6) is 11.5 Å². The lowest BCUT2D eigenvalue weighted by atomic mass is 10.0. The van der Waals surface area contributed by atoms with Crippen molar-refractivity contribution in [1.82, 2.24) is 4.57 Å². The van der Waals surface area contributed by atoms with E-state index in [1.165, 1.54) is 0 Å². The molecule has 0 bridgehead atoms. The van der Waals surface area contributed by atoms with Gasteiger partial charge < -0.3 is 19.1 Å². The Morgan fingerprint density at radius 1 is 1.19 bits per heavy atom. The number of aromatic nitrogens is 1. The number of benzene rings is 2. The lowest BCUT2D eigenvalue weighted by Gasteiger charge is -2.14. The highest BCUT2D eigenvalue weighted by Gasteiger charge is 2.26. The van der Waals surface area contributed by atoms with E-state index in [0.717, 1.165) is 35.1 Å². The number of rotatable bonds is 9. The van der Waals surface area contributed by atoms with Gasteiger partial charge in [-0.05, 0) is 48.4 Å². The topological polar surface area (TPSA) is 60.7 Å². The standard InChI is InChI=1S/C23H22ClF2NO4/c24-19-7-14(1-4-22(19)31-18(11-25)12-26)13-30-17-2-3-20-16(8-17)9-21-15(10-23(28)29)5-6-27(20)21/h1-4,7-9,15,18H,5-6,10-13H2,(H,28,29). The van der Waals surface area contributed by atoms with Gasteiger partial charge in [-0.2, -0.15) is 0 Å². The minimum absolute atomic E-state index is 0.0338. The maximum Gasteiger partial charge on any atom is 0.304 e. The van der Waals surface area contributed by atoms with Crippen LogP contribution in [0, 0.1) is 0 Å². The third-order valence-electron chi connectivity index (χ3n) is 5.48. The number of aliphatic carboxylic acids is 1. The lowest BCUT2D eigenvalue weighted by Crippen LogP contribution is -2.21. The number of ether oxygens (including phenoxy) is 2. The van der Waals surface area contributed by atoms with Crippen LogP contribution in [0.25, 0.3) is 10.9 Å². The van der Waals surface area contributed by atoms with Gasteiger partial charge in [0.25, 0.3) is 0 Å². The number of fused-ring (bicyclic) bond motifs is 3. The normalized spacial score (nSPS) is 15.4. The first-order chi connectivity index (χ1) is 15.0. The zero-order valence-corrected chi connectivity index (χ0v) is 17.4. The van der Waals surface area contributed by atoms with Gasteiger partial charge in [-0.3, -0.25) is 4.79 Å². The van der Waals surface area contributed by atoms with Crippen molar-refractivity contribution >= 4 is 28.5 Å². The summed E-state index contributed by atoms with van der Waals surface area (Å²) >= 11 is 6.17.